The van der Waals surface area contributed by atoms with Gasteiger partial charge in [0.25, 0.3) is 0 Å². The summed E-state index contributed by atoms with van der Waals surface area (Å²) in [5.74, 6) is 0.802. The maximum Gasteiger partial charge on any atom is 0.411 e. The van der Waals surface area contributed by atoms with E-state index in [0.29, 0.717) is 11.9 Å². The van der Waals surface area contributed by atoms with Crippen molar-refractivity contribution in [3.8, 4) is 0 Å². The van der Waals surface area contributed by atoms with E-state index in [4.69, 9.17) is 9.05 Å². The van der Waals surface area contributed by atoms with E-state index < -0.39 is 7.60 Å². The van der Waals surface area contributed by atoms with Crippen LogP contribution in [0.5, 0.6) is 0 Å². The topological polar surface area (TPSA) is 35.5 Å². The molecule has 0 spiro atoms. The normalized spacial score (nSPS) is 22.1. The molecular formula is C15H21O3P. The van der Waals surface area contributed by atoms with E-state index >= 15 is 0 Å². The minimum atomic E-state index is -3.21. The summed E-state index contributed by atoms with van der Waals surface area (Å²) >= 11 is 0. The van der Waals surface area contributed by atoms with Crippen LogP contribution in [-0.4, -0.2) is 6.61 Å². The average Bonchev–Trinajstić information content (AvgIpc) is 2.39. The summed E-state index contributed by atoms with van der Waals surface area (Å²) < 4.78 is 24.2. The van der Waals surface area contributed by atoms with E-state index in [1.165, 1.54) is 0 Å². The van der Waals surface area contributed by atoms with Gasteiger partial charge in [-0.3, -0.25) is 4.52 Å². The summed E-state index contributed by atoms with van der Waals surface area (Å²) in [6.45, 7) is 8.31. The molecule has 1 aromatic rings. The van der Waals surface area contributed by atoms with Gasteiger partial charge < -0.3 is 4.52 Å². The Morgan fingerprint density at radius 3 is 2.53 bits per heavy atom. The molecule has 0 N–H and O–H groups in total. The van der Waals surface area contributed by atoms with E-state index in [2.05, 4.69) is 6.92 Å². The second kappa shape index (κ2) is 5.52. The number of fused-ring (bicyclic) bond motifs is 1. The van der Waals surface area contributed by atoms with Gasteiger partial charge in [-0.25, -0.2) is 4.57 Å². The first kappa shape index (κ1) is 14.4. The lowest BCUT2D eigenvalue weighted by molar-refractivity contribution is 0.255. The minimum absolute atomic E-state index is 0.378. The maximum atomic E-state index is 13.0. The van der Waals surface area contributed by atoms with Crippen LogP contribution in [0.1, 0.15) is 44.7 Å². The number of hydrogen-bond donors (Lipinski definition) is 0. The third-order valence-corrected chi connectivity index (χ3v) is 5.33. The van der Waals surface area contributed by atoms with Crippen molar-refractivity contribution >= 4 is 18.5 Å². The molecule has 0 saturated carbocycles. The molecule has 2 rings (SSSR count). The predicted molar refractivity (Wildman–Crippen MR) is 78.6 cm³/mol. The fraction of sp³-hybridized carbons (Fsp3) is 0.467. The smallest absolute Gasteiger partial charge is 0.411 e. The second-order valence-electron chi connectivity index (χ2n) is 4.64. The number of benzene rings is 1. The van der Waals surface area contributed by atoms with Crippen molar-refractivity contribution in [2.45, 2.75) is 40.5 Å². The summed E-state index contributed by atoms with van der Waals surface area (Å²) in [4.78, 5) is 0. The van der Waals surface area contributed by atoms with Gasteiger partial charge in [0, 0.05) is 6.42 Å². The summed E-state index contributed by atoms with van der Waals surface area (Å²) in [6.07, 6.45) is 1.60. The summed E-state index contributed by atoms with van der Waals surface area (Å²) in [5.41, 5.74) is 3.23. The lowest BCUT2D eigenvalue weighted by atomic mass is 10.00. The molecule has 0 fully saturated rings. The minimum Gasteiger partial charge on any atom is -0.425 e. The summed E-state index contributed by atoms with van der Waals surface area (Å²) in [6, 6.07) is 6.00. The van der Waals surface area contributed by atoms with E-state index in [-0.39, 0.29) is 0 Å². The molecule has 1 atom stereocenters. The van der Waals surface area contributed by atoms with Crippen molar-refractivity contribution in [3.63, 3.8) is 0 Å². The van der Waals surface area contributed by atoms with Crippen LogP contribution in [0.4, 0.5) is 0 Å². The van der Waals surface area contributed by atoms with Crippen LogP contribution in [-0.2, 0) is 13.6 Å². The van der Waals surface area contributed by atoms with Crippen LogP contribution >= 0.6 is 7.60 Å². The summed E-state index contributed by atoms with van der Waals surface area (Å²) in [7, 11) is -3.21. The molecule has 104 valence electrons. The molecule has 1 unspecified atom stereocenters. The molecule has 1 aliphatic rings. The highest BCUT2D eigenvalue weighted by Crippen LogP contribution is 2.55. The SMILES string of the molecule is CCOP1(=O)OC(CC)=C(CC)c2ccc(C)cc21. The Morgan fingerprint density at radius 2 is 1.95 bits per heavy atom. The van der Waals surface area contributed by atoms with E-state index in [9.17, 15) is 4.57 Å². The first-order valence-corrected chi connectivity index (χ1v) is 8.37. The zero-order valence-corrected chi connectivity index (χ0v) is 12.9. The quantitative estimate of drug-likeness (QED) is 0.766. The number of aryl methyl sites for hydroxylation is 1. The van der Waals surface area contributed by atoms with E-state index in [1.807, 2.05) is 39.0 Å². The van der Waals surface area contributed by atoms with E-state index in [0.717, 1.165) is 35.3 Å². The Labute approximate surface area is 115 Å². The zero-order valence-electron chi connectivity index (χ0n) is 12.0. The Bertz CT molecular complexity index is 561. The molecule has 1 aliphatic heterocycles. The van der Waals surface area contributed by atoms with Crippen molar-refractivity contribution in [1.29, 1.82) is 0 Å². The van der Waals surface area contributed by atoms with Crippen LogP contribution in [0.2, 0.25) is 0 Å². The van der Waals surface area contributed by atoms with Crippen molar-refractivity contribution < 1.29 is 13.6 Å². The van der Waals surface area contributed by atoms with Crippen molar-refractivity contribution in [2.24, 2.45) is 0 Å². The maximum absolute atomic E-state index is 13.0. The monoisotopic (exact) mass is 280 g/mol. The highest BCUT2D eigenvalue weighted by Gasteiger charge is 2.37. The lowest BCUT2D eigenvalue weighted by Crippen LogP contribution is -2.20. The van der Waals surface area contributed by atoms with Gasteiger partial charge in [0.2, 0.25) is 0 Å². The lowest BCUT2D eigenvalue weighted by Gasteiger charge is -2.29. The van der Waals surface area contributed by atoms with Gasteiger partial charge in [-0.05, 0) is 37.5 Å². The van der Waals surface area contributed by atoms with Gasteiger partial charge in [0.1, 0.15) is 5.76 Å². The van der Waals surface area contributed by atoms with Crippen molar-refractivity contribution in [1.82, 2.24) is 0 Å². The number of allylic oxidation sites excluding steroid dienone is 2. The molecule has 0 saturated heterocycles. The largest absolute Gasteiger partial charge is 0.425 e. The number of hydrogen-bond acceptors (Lipinski definition) is 3. The fourth-order valence-corrected chi connectivity index (χ4v) is 4.48. The highest BCUT2D eigenvalue weighted by atomic mass is 31.2. The third kappa shape index (κ3) is 2.50. The van der Waals surface area contributed by atoms with Crippen molar-refractivity contribution in [2.75, 3.05) is 6.61 Å². The Balaban J connectivity index is 2.67. The van der Waals surface area contributed by atoms with Gasteiger partial charge >= 0.3 is 7.60 Å². The fourth-order valence-electron chi connectivity index (χ4n) is 2.45. The van der Waals surface area contributed by atoms with Crippen molar-refractivity contribution in [3.05, 3.63) is 35.1 Å². The van der Waals surface area contributed by atoms with Crippen LogP contribution < -0.4 is 5.30 Å². The predicted octanol–water partition coefficient (Wildman–Crippen LogP) is 4.41. The number of rotatable bonds is 4. The Kier molecular flexibility index (Phi) is 4.17. The third-order valence-electron chi connectivity index (χ3n) is 3.31. The molecule has 0 amide bonds. The second-order valence-corrected chi connectivity index (χ2v) is 6.55. The van der Waals surface area contributed by atoms with Crippen LogP contribution in [0.3, 0.4) is 0 Å². The molecule has 0 aromatic heterocycles. The molecule has 4 heteroatoms. The van der Waals surface area contributed by atoms with Crippen LogP contribution in [0.25, 0.3) is 5.57 Å². The van der Waals surface area contributed by atoms with Gasteiger partial charge in [0.15, 0.2) is 0 Å². The average molecular weight is 280 g/mol. The van der Waals surface area contributed by atoms with Gasteiger partial charge in [0.05, 0.1) is 11.9 Å². The van der Waals surface area contributed by atoms with E-state index in [1.54, 1.807) is 0 Å². The molecule has 3 nitrogen and oxygen atoms in total. The Morgan fingerprint density at radius 1 is 1.21 bits per heavy atom. The van der Waals surface area contributed by atoms with Gasteiger partial charge in [-0.2, -0.15) is 0 Å². The molecule has 1 aromatic carbocycles. The van der Waals surface area contributed by atoms with Crippen LogP contribution in [0.15, 0.2) is 24.0 Å². The van der Waals surface area contributed by atoms with Gasteiger partial charge in [-0.15, -0.1) is 0 Å². The van der Waals surface area contributed by atoms with Crippen LogP contribution in [0, 0.1) is 6.92 Å². The molecule has 1 heterocycles. The molecular weight excluding hydrogens is 259 g/mol. The molecule has 0 bridgehead atoms. The van der Waals surface area contributed by atoms with Gasteiger partial charge in [-0.1, -0.05) is 31.5 Å². The highest BCUT2D eigenvalue weighted by molar-refractivity contribution is 7.62. The summed E-state index contributed by atoms with van der Waals surface area (Å²) in [5, 5.41) is 0.711. The Hall–Kier alpha value is -1.05. The zero-order chi connectivity index (χ0) is 14.0. The molecule has 0 aliphatic carbocycles. The molecule has 0 radical (unpaired) electrons. The first-order chi connectivity index (χ1) is 9.05. The standard InChI is InChI=1S/C15H21O3P/c1-5-12-13-9-8-11(4)10-15(13)19(16,17-7-3)18-14(12)6-2/h8-10H,5-7H2,1-4H3. The molecule has 19 heavy (non-hydrogen) atoms. The first-order valence-electron chi connectivity index (χ1n) is 6.83.